The molecule has 144 valence electrons. The summed E-state index contributed by atoms with van der Waals surface area (Å²) in [5.41, 5.74) is 1.23. The predicted molar refractivity (Wildman–Crippen MR) is 100 cm³/mol. The molecule has 26 heavy (non-hydrogen) atoms. The first kappa shape index (κ1) is 20.2. The van der Waals surface area contributed by atoms with Crippen molar-refractivity contribution in [3.63, 3.8) is 0 Å². The van der Waals surface area contributed by atoms with E-state index in [0.29, 0.717) is 24.9 Å². The molecular weight excluding hydrogens is 356 g/mol. The first-order chi connectivity index (χ1) is 12.2. The zero-order chi connectivity index (χ0) is 19.3. The summed E-state index contributed by atoms with van der Waals surface area (Å²) < 4.78 is 28.5. The highest BCUT2D eigenvalue weighted by molar-refractivity contribution is 7.91. The van der Waals surface area contributed by atoms with Crippen LogP contribution in [0.1, 0.15) is 30.1 Å². The molecule has 1 saturated heterocycles. The molecule has 1 aliphatic heterocycles. The number of carbonyl (C=O) groups is 2. The standard InChI is InChI=1S/C18H26N2O5S/c1-4-9-20(16-8-10-26(23,24)13-16)17(21)12-25-18(22)14-6-5-7-15(11-14)19(2)3/h5-7,11,16H,4,8-10,12-13H2,1-3H3. The topological polar surface area (TPSA) is 84.0 Å². The van der Waals surface area contributed by atoms with Gasteiger partial charge in [-0.1, -0.05) is 13.0 Å². The molecular formula is C18H26N2O5S. The van der Waals surface area contributed by atoms with E-state index in [9.17, 15) is 18.0 Å². The van der Waals surface area contributed by atoms with E-state index >= 15 is 0 Å². The summed E-state index contributed by atoms with van der Waals surface area (Å²) in [6, 6.07) is 6.61. The maximum atomic E-state index is 12.5. The molecule has 0 bridgehead atoms. The van der Waals surface area contributed by atoms with Crippen molar-refractivity contribution >= 4 is 27.4 Å². The van der Waals surface area contributed by atoms with Crippen LogP contribution in [0.5, 0.6) is 0 Å². The van der Waals surface area contributed by atoms with Crippen molar-refractivity contribution in [1.82, 2.24) is 4.90 Å². The smallest absolute Gasteiger partial charge is 0.338 e. The Bertz CT molecular complexity index is 761. The van der Waals surface area contributed by atoms with Gasteiger partial charge in [0.15, 0.2) is 16.4 Å². The Labute approximate surface area is 154 Å². The van der Waals surface area contributed by atoms with E-state index < -0.39 is 15.8 Å². The third-order valence-corrected chi connectivity index (χ3v) is 6.11. The quantitative estimate of drug-likeness (QED) is 0.662. The van der Waals surface area contributed by atoms with Crippen molar-refractivity contribution in [3.8, 4) is 0 Å². The number of carbonyl (C=O) groups excluding carboxylic acids is 2. The summed E-state index contributed by atoms with van der Waals surface area (Å²) >= 11 is 0. The molecule has 0 N–H and O–H groups in total. The van der Waals surface area contributed by atoms with E-state index in [-0.39, 0.29) is 30.1 Å². The maximum absolute atomic E-state index is 12.5. The molecule has 1 unspecified atom stereocenters. The largest absolute Gasteiger partial charge is 0.452 e. The van der Waals surface area contributed by atoms with Crippen molar-refractivity contribution in [2.75, 3.05) is 43.7 Å². The Kier molecular flexibility index (Phi) is 6.63. The van der Waals surface area contributed by atoms with Crippen LogP contribution in [-0.4, -0.2) is 70.0 Å². The van der Waals surface area contributed by atoms with Gasteiger partial charge in [-0.3, -0.25) is 4.79 Å². The number of nitrogens with zero attached hydrogens (tertiary/aromatic N) is 2. The van der Waals surface area contributed by atoms with E-state index in [1.165, 1.54) is 4.90 Å². The molecule has 1 amide bonds. The van der Waals surface area contributed by atoms with E-state index in [0.717, 1.165) is 5.69 Å². The van der Waals surface area contributed by atoms with Crippen LogP contribution in [0.3, 0.4) is 0 Å². The lowest BCUT2D eigenvalue weighted by Gasteiger charge is -2.27. The van der Waals surface area contributed by atoms with Gasteiger partial charge in [-0.15, -0.1) is 0 Å². The van der Waals surface area contributed by atoms with E-state index in [1.54, 1.807) is 18.2 Å². The minimum Gasteiger partial charge on any atom is -0.452 e. The van der Waals surface area contributed by atoms with Gasteiger partial charge in [-0.2, -0.15) is 0 Å². The van der Waals surface area contributed by atoms with E-state index in [1.807, 2.05) is 32.0 Å². The van der Waals surface area contributed by atoms with Crippen LogP contribution in [0.15, 0.2) is 24.3 Å². The number of ether oxygens (including phenoxy) is 1. The first-order valence-electron chi connectivity index (χ1n) is 8.68. The fourth-order valence-corrected chi connectivity index (χ4v) is 4.71. The number of hydrogen-bond donors (Lipinski definition) is 0. The minimum atomic E-state index is -3.09. The normalized spacial score (nSPS) is 18.3. The molecule has 0 radical (unpaired) electrons. The van der Waals surface area contributed by atoms with Crippen molar-refractivity contribution < 1.29 is 22.7 Å². The molecule has 0 saturated carbocycles. The van der Waals surface area contributed by atoms with Crippen LogP contribution in [-0.2, 0) is 19.4 Å². The molecule has 0 spiro atoms. The predicted octanol–water partition coefficient (Wildman–Crippen LogP) is 1.34. The number of anilines is 1. The average molecular weight is 382 g/mol. The molecule has 7 nitrogen and oxygen atoms in total. The number of hydrogen-bond acceptors (Lipinski definition) is 6. The number of amides is 1. The van der Waals surface area contributed by atoms with Crippen molar-refractivity contribution in [1.29, 1.82) is 0 Å². The molecule has 0 aliphatic carbocycles. The van der Waals surface area contributed by atoms with Gasteiger partial charge in [0.2, 0.25) is 0 Å². The Balaban J connectivity index is 1.99. The zero-order valence-electron chi connectivity index (χ0n) is 15.5. The van der Waals surface area contributed by atoms with Crippen LogP contribution in [0, 0.1) is 0 Å². The highest BCUT2D eigenvalue weighted by Gasteiger charge is 2.34. The lowest BCUT2D eigenvalue weighted by atomic mass is 10.2. The highest BCUT2D eigenvalue weighted by Crippen LogP contribution is 2.19. The lowest BCUT2D eigenvalue weighted by molar-refractivity contribution is -0.136. The second kappa shape index (κ2) is 8.53. The molecule has 1 heterocycles. The Morgan fingerprint density at radius 2 is 2.00 bits per heavy atom. The highest BCUT2D eigenvalue weighted by atomic mass is 32.2. The fraction of sp³-hybridized carbons (Fsp3) is 0.556. The van der Waals surface area contributed by atoms with Gasteiger partial charge in [-0.25, -0.2) is 13.2 Å². The summed E-state index contributed by atoms with van der Waals surface area (Å²) in [7, 11) is 0.649. The Morgan fingerprint density at radius 1 is 1.27 bits per heavy atom. The molecule has 1 aromatic rings. The van der Waals surface area contributed by atoms with Gasteiger partial charge < -0.3 is 14.5 Å². The summed E-state index contributed by atoms with van der Waals surface area (Å²) in [5.74, 6) is -0.844. The number of sulfone groups is 1. The van der Waals surface area contributed by atoms with Crippen molar-refractivity contribution in [3.05, 3.63) is 29.8 Å². The first-order valence-corrected chi connectivity index (χ1v) is 10.5. The molecule has 1 aromatic carbocycles. The molecule has 1 atom stereocenters. The molecule has 1 aliphatic rings. The second-order valence-electron chi connectivity index (χ2n) is 6.66. The van der Waals surface area contributed by atoms with Gasteiger partial charge in [0.1, 0.15) is 0 Å². The van der Waals surface area contributed by atoms with Crippen LogP contribution in [0.25, 0.3) is 0 Å². The summed E-state index contributed by atoms with van der Waals surface area (Å²) in [6.45, 7) is 1.98. The van der Waals surface area contributed by atoms with Gasteiger partial charge >= 0.3 is 5.97 Å². The third-order valence-electron chi connectivity index (χ3n) is 4.36. The van der Waals surface area contributed by atoms with Crippen LogP contribution in [0.4, 0.5) is 5.69 Å². The molecule has 1 fully saturated rings. The minimum absolute atomic E-state index is 0.0163. The Morgan fingerprint density at radius 3 is 2.58 bits per heavy atom. The van der Waals surface area contributed by atoms with Crippen LogP contribution in [0.2, 0.25) is 0 Å². The average Bonchev–Trinajstić information content (AvgIpc) is 2.96. The molecule has 8 heteroatoms. The van der Waals surface area contributed by atoms with Crippen molar-refractivity contribution in [2.45, 2.75) is 25.8 Å². The number of benzene rings is 1. The lowest BCUT2D eigenvalue weighted by Crippen LogP contribution is -2.43. The summed E-state index contributed by atoms with van der Waals surface area (Å²) in [4.78, 5) is 28.1. The van der Waals surface area contributed by atoms with Gasteiger partial charge in [-0.05, 0) is 31.0 Å². The van der Waals surface area contributed by atoms with Gasteiger partial charge in [0.05, 0.1) is 17.1 Å². The molecule has 2 rings (SSSR count). The summed E-state index contributed by atoms with van der Waals surface area (Å²) in [5, 5.41) is 0. The van der Waals surface area contributed by atoms with Crippen LogP contribution < -0.4 is 4.90 Å². The number of rotatable bonds is 7. The van der Waals surface area contributed by atoms with E-state index in [4.69, 9.17) is 4.74 Å². The monoisotopic (exact) mass is 382 g/mol. The van der Waals surface area contributed by atoms with Crippen molar-refractivity contribution in [2.24, 2.45) is 0 Å². The third kappa shape index (κ3) is 5.20. The number of esters is 1. The fourth-order valence-electron chi connectivity index (χ4n) is 2.98. The van der Waals surface area contributed by atoms with Gasteiger partial charge in [0, 0.05) is 32.4 Å². The second-order valence-corrected chi connectivity index (χ2v) is 8.89. The molecule has 0 aromatic heterocycles. The van der Waals surface area contributed by atoms with Gasteiger partial charge in [0.25, 0.3) is 5.91 Å². The summed E-state index contributed by atoms with van der Waals surface area (Å²) in [6.07, 6.45) is 1.15. The zero-order valence-corrected chi connectivity index (χ0v) is 16.3. The maximum Gasteiger partial charge on any atom is 0.338 e. The van der Waals surface area contributed by atoms with Crippen LogP contribution >= 0.6 is 0 Å². The Hall–Kier alpha value is -2.09. The SMILES string of the molecule is CCCN(C(=O)COC(=O)c1cccc(N(C)C)c1)C1CCS(=O)(=O)C1. The van der Waals surface area contributed by atoms with E-state index in [2.05, 4.69) is 0 Å².